The number of carbonyl (C=O) groups excluding carboxylic acids is 2. The Bertz CT molecular complexity index is 1250. The lowest BCUT2D eigenvalue weighted by molar-refractivity contribution is 0.0237. The van der Waals surface area contributed by atoms with Crippen LogP contribution in [0.25, 0.3) is 0 Å². The summed E-state index contributed by atoms with van der Waals surface area (Å²) in [7, 11) is 1.79. The number of benzene rings is 1. The molecule has 3 aliphatic rings. The molecule has 3 unspecified atom stereocenters. The number of carbonyl (C=O) groups is 2. The van der Waals surface area contributed by atoms with Crippen molar-refractivity contribution in [3.63, 3.8) is 0 Å². The first kappa shape index (κ1) is 21.4. The highest BCUT2D eigenvalue weighted by Gasteiger charge is 2.65. The molecule has 3 atom stereocenters. The summed E-state index contributed by atoms with van der Waals surface area (Å²) in [5.41, 5.74) is -2.06. The molecule has 0 bridgehead atoms. The maximum absolute atomic E-state index is 13.9. The lowest BCUT2D eigenvalue weighted by atomic mass is 9.97. The predicted octanol–water partition coefficient (Wildman–Crippen LogP) is 1.93. The Labute approximate surface area is 188 Å². The van der Waals surface area contributed by atoms with Gasteiger partial charge in [-0.15, -0.1) is 0 Å². The molecule has 1 aromatic carbocycles. The zero-order chi connectivity index (χ0) is 23.7. The van der Waals surface area contributed by atoms with Gasteiger partial charge in [0.2, 0.25) is 5.43 Å². The van der Waals surface area contributed by atoms with Gasteiger partial charge in [0.05, 0.1) is 0 Å². The standard InChI is InChI=1S/C23H24F2N4O4/c1-3-28-22(33)18-20(31)19(30)15(21(32)26-10-13-4-5-14(24)9-17(13)25)11-29(18)27(2)23(28)7-6-12-8-16(12)23/h4-5,9,11-12,16,31H,3,6-8,10H2,1-2H3,(H,26,32). The second-order valence-corrected chi connectivity index (χ2v) is 8.92. The van der Waals surface area contributed by atoms with Crippen LogP contribution in [0, 0.1) is 23.5 Å². The van der Waals surface area contributed by atoms with Crippen LogP contribution >= 0.6 is 0 Å². The Balaban J connectivity index is 1.52. The average Bonchev–Trinajstić information content (AvgIpc) is 3.48. The minimum absolute atomic E-state index is 0.0441. The number of hydrogen-bond acceptors (Lipinski definition) is 5. The van der Waals surface area contributed by atoms with Crippen molar-refractivity contribution >= 4 is 11.8 Å². The highest BCUT2D eigenvalue weighted by atomic mass is 19.1. The second-order valence-electron chi connectivity index (χ2n) is 8.92. The molecule has 0 saturated heterocycles. The van der Waals surface area contributed by atoms with Crippen molar-refractivity contribution in [1.82, 2.24) is 14.9 Å². The fourth-order valence-electron chi connectivity index (χ4n) is 5.66. The molecular formula is C23H24F2N4O4. The molecule has 5 rings (SSSR count). The van der Waals surface area contributed by atoms with E-state index in [4.69, 9.17) is 0 Å². The van der Waals surface area contributed by atoms with Crippen molar-refractivity contribution in [2.75, 3.05) is 18.6 Å². The van der Waals surface area contributed by atoms with Gasteiger partial charge in [-0.2, -0.15) is 0 Å². The first-order valence-electron chi connectivity index (χ1n) is 11.0. The Morgan fingerprint density at radius 2 is 2.06 bits per heavy atom. The Morgan fingerprint density at radius 3 is 2.67 bits per heavy atom. The molecule has 2 amide bonds. The zero-order valence-electron chi connectivity index (χ0n) is 18.3. The van der Waals surface area contributed by atoms with Gasteiger partial charge in [0.1, 0.15) is 22.9 Å². The van der Waals surface area contributed by atoms with Gasteiger partial charge in [-0.25, -0.2) is 8.78 Å². The second kappa shape index (κ2) is 7.29. The molecule has 1 aromatic heterocycles. The van der Waals surface area contributed by atoms with E-state index in [2.05, 4.69) is 5.32 Å². The number of halogens is 2. The van der Waals surface area contributed by atoms with Crippen LogP contribution < -0.4 is 15.8 Å². The minimum Gasteiger partial charge on any atom is -0.502 e. The summed E-state index contributed by atoms with van der Waals surface area (Å²) >= 11 is 0. The van der Waals surface area contributed by atoms with Crippen LogP contribution in [0.2, 0.25) is 0 Å². The number of hydrogen-bond donors (Lipinski definition) is 2. The summed E-state index contributed by atoms with van der Waals surface area (Å²) < 4.78 is 28.4. The van der Waals surface area contributed by atoms with E-state index >= 15 is 0 Å². The molecule has 33 heavy (non-hydrogen) atoms. The molecule has 2 N–H and O–H groups in total. The van der Waals surface area contributed by atoms with Crippen LogP contribution in [0.1, 0.15) is 52.6 Å². The molecule has 2 aliphatic carbocycles. The largest absolute Gasteiger partial charge is 0.502 e. The third kappa shape index (κ3) is 2.96. The van der Waals surface area contributed by atoms with E-state index < -0.39 is 40.3 Å². The van der Waals surface area contributed by atoms with Crippen LogP contribution in [0.5, 0.6) is 5.75 Å². The summed E-state index contributed by atoms with van der Waals surface area (Å²) in [5, 5.41) is 14.9. The van der Waals surface area contributed by atoms with Gasteiger partial charge in [0.15, 0.2) is 11.4 Å². The average molecular weight is 458 g/mol. The minimum atomic E-state index is -0.984. The number of rotatable bonds is 4. The Hall–Kier alpha value is -3.43. The molecule has 2 fully saturated rings. The van der Waals surface area contributed by atoms with Gasteiger partial charge in [-0.3, -0.25) is 24.1 Å². The summed E-state index contributed by atoms with van der Waals surface area (Å²) in [5.74, 6) is -2.82. The maximum atomic E-state index is 13.9. The first-order valence-corrected chi connectivity index (χ1v) is 11.0. The first-order chi connectivity index (χ1) is 15.7. The number of aromatic nitrogens is 1. The molecule has 10 heteroatoms. The van der Waals surface area contributed by atoms with E-state index in [0.717, 1.165) is 25.3 Å². The van der Waals surface area contributed by atoms with Gasteiger partial charge >= 0.3 is 0 Å². The summed E-state index contributed by atoms with van der Waals surface area (Å²) in [6.07, 6.45) is 4.01. The van der Waals surface area contributed by atoms with E-state index in [0.29, 0.717) is 24.4 Å². The van der Waals surface area contributed by atoms with Crippen molar-refractivity contribution < 1.29 is 23.5 Å². The van der Waals surface area contributed by atoms with E-state index in [1.165, 1.54) is 16.9 Å². The summed E-state index contributed by atoms with van der Waals surface area (Å²) in [6, 6.07) is 2.97. The van der Waals surface area contributed by atoms with Crippen LogP contribution in [0.3, 0.4) is 0 Å². The highest BCUT2D eigenvalue weighted by Crippen LogP contribution is 2.61. The molecule has 0 radical (unpaired) electrons. The quantitative estimate of drug-likeness (QED) is 0.730. The highest BCUT2D eigenvalue weighted by molar-refractivity contribution is 6.00. The van der Waals surface area contributed by atoms with Gasteiger partial charge in [0.25, 0.3) is 11.8 Å². The van der Waals surface area contributed by atoms with E-state index in [9.17, 15) is 28.3 Å². The summed E-state index contributed by atoms with van der Waals surface area (Å²) in [6.45, 7) is 2.01. The topological polar surface area (TPSA) is 94.9 Å². The predicted molar refractivity (Wildman–Crippen MR) is 114 cm³/mol. The Kier molecular flexibility index (Phi) is 4.73. The molecule has 1 aliphatic heterocycles. The number of pyridine rings is 1. The third-order valence-electron chi connectivity index (χ3n) is 7.38. The number of nitrogens with zero attached hydrogens (tertiary/aromatic N) is 3. The molecule has 8 nitrogen and oxygen atoms in total. The van der Waals surface area contributed by atoms with Crippen molar-refractivity contribution in [2.45, 2.75) is 38.4 Å². The molecule has 1 spiro atoms. The van der Waals surface area contributed by atoms with E-state index in [-0.39, 0.29) is 23.4 Å². The third-order valence-corrected chi connectivity index (χ3v) is 7.38. The molecule has 2 saturated carbocycles. The van der Waals surface area contributed by atoms with Gasteiger partial charge in [-0.1, -0.05) is 6.07 Å². The SMILES string of the molecule is CCN1C(=O)c2c(O)c(=O)c(C(=O)NCc3ccc(F)cc3F)cn2N(C)C12CCC1CC12. The van der Waals surface area contributed by atoms with Gasteiger partial charge < -0.3 is 15.3 Å². The van der Waals surface area contributed by atoms with Gasteiger partial charge in [-0.05, 0) is 38.2 Å². The van der Waals surface area contributed by atoms with Crippen LogP contribution in [0.15, 0.2) is 29.2 Å². The fraction of sp³-hybridized carbons (Fsp3) is 0.435. The van der Waals surface area contributed by atoms with Gasteiger partial charge in [0, 0.05) is 43.9 Å². The van der Waals surface area contributed by atoms with Crippen molar-refractivity contribution in [3.8, 4) is 5.75 Å². The van der Waals surface area contributed by atoms with E-state index in [1.54, 1.807) is 11.9 Å². The molecule has 2 heterocycles. The lowest BCUT2D eigenvalue weighted by Crippen LogP contribution is -2.69. The van der Waals surface area contributed by atoms with Crippen LogP contribution in [-0.4, -0.2) is 45.8 Å². The smallest absolute Gasteiger partial charge is 0.278 e. The normalized spacial score (nSPS) is 25.3. The number of amides is 2. The van der Waals surface area contributed by atoms with E-state index in [1.807, 2.05) is 11.9 Å². The number of nitrogens with one attached hydrogen (secondary N) is 1. The Morgan fingerprint density at radius 1 is 1.30 bits per heavy atom. The van der Waals surface area contributed by atoms with Crippen molar-refractivity contribution in [2.24, 2.45) is 11.8 Å². The number of fused-ring (bicyclic) bond motifs is 3. The molecular weight excluding hydrogens is 434 g/mol. The fourth-order valence-corrected chi connectivity index (χ4v) is 5.66. The van der Waals surface area contributed by atoms with Crippen LogP contribution in [0.4, 0.5) is 8.78 Å². The van der Waals surface area contributed by atoms with Crippen LogP contribution in [-0.2, 0) is 6.54 Å². The summed E-state index contributed by atoms with van der Waals surface area (Å²) in [4.78, 5) is 40.7. The lowest BCUT2D eigenvalue weighted by Gasteiger charge is -2.53. The zero-order valence-corrected chi connectivity index (χ0v) is 18.3. The van der Waals surface area contributed by atoms with Crippen molar-refractivity contribution in [1.29, 1.82) is 0 Å². The monoisotopic (exact) mass is 458 g/mol. The molecule has 174 valence electrons. The number of aromatic hydroxyl groups is 1. The van der Waals surface area contributed by atoms with Crippen molar-refractivity contribution in [3.05, 3.63) is 63.1 Å². The molecule has 2 aromatic rings. The maximum Gasteiger partial charge on any atom is 0.278 e.